The molecule has 1 unspecified atom stereocenters. The summed E-state index contributed by atoms with van der Waals surface area (Å²) < 4.78 is 15.7. The lowest BCUT2D eigenvalue weighted by Gasteiger charge is -2.13. The maximum absolute atomic E-state index is 11.6. The molecule has 0 fully saturated rings. The molecule has 0 N–H and O–H groups in total. The molecule has 0 aromatic carbocycles. The zero-order valence-corrected chi connectivity index (χ0v) is 13.7. The van der Waals surface area contributed by atoms with Crippen molar-refractivity contribution in [2.75, 3.05) is 13.9 Å². The van der Waals surface area contributed by atoms with Crippen molar-refractivity contribution in [3.63, 3.8) is 0 Å². The lowest BCUT2D eigenvalue weighted by Crippen LogP contribution is -2.13. The molecular formula is C17H26O4. The third-order valence-corrected chi connectivity index (χ3v) is 3.32. The van der Waals surface area contributed by atoms with E-state index in [0.29, 0.717) is 17.8 Å². The van der Waals surface area contributed by atoms with Crippen LogP contribution in [-0.4, -0.2) is 26.0 Å². The molecule has 0 saturated carbocycles. The van der Waals surface area contributed by atoms with Crippen LogP contribution in [0.25, 0.3) is 0 Å². The van der Waals surface area contributed by atoms with Crippen LogP contribution in [0.2, 0.25) is 0 Å². The Labute approximate surface area is 127 Å². The lowest BCUT2D eigenvalue weighted by atomic mass is 10.1. The van der Waals surface area contributed by atoms with Crippen molar-refractivity contribution in [3.05, 3.63) is 34.6 Å². The van der Waals surface area contributed by atoms with E-state index in [2.05, 4.69) is 32.9 Å². The topological polar surface area (TPSA) is 44.8 Å². The van der Waals surface area contributed by atoms with Gasteiger partial charge in [-0.15, -0.1) is 0 Å². The number of hydrogen-bond acceptors (Lipinski definition) is 4. The average Bonchev–Trinajstić information content (AvgIpc) is 2.69. The highest BCUT2D eigenvalue weighted by atomic mass is 16.7. The Kier molecular flexibility index (Phi) is 7.23. The molecule has 0 aliphatic carbocycles. The zero-order valence-electron chi connectivity index (χ0n) is 13.7. The van der Waals surface area contributed by atoms with Gasteiger partial charge in [0, 0.05) is 13.5 Å². The number of hydrogen-bond donors (Lipinski definition) is 0. The summed E-state index contributed by atoms with van der Waals surface area (Å²) in [5.41, 5.74) is 3.16. The molecule has 1 heterocycles. The minimum atomic E-state index is -0.328. The number of rotatable bonds is 8. The summed E-state index contributed by atoms with van der Waals surface area (Å²) in [5, 5.41) is 0. The van der Waals surface area contributed by atoms with Crippen molar-refractivity contribution < 1.29 is 19.0 Å². The van der Waals surface area contributed by atoms with Gasteiger partial charge >= 0.3 is 5.97 Å². The molecular weight excluding hydrogens is 268 g/mol. The van der Waals surface area contributed by atoms with Crippen LogP contribution in [0.1, 0.15) is 47.0 Å². The Morgan fingerprint density at radius 1 is 1.29 bits per heavy atom. The van der Waals surface area contributed by atoms with E-state index in [1.54, 1.807) is 14.0 Å². The first-order valence-corrected chi connectivity index (χ1v) is 7.28. The van der Waals surface area contributed by atoms with Gasteiger partial charge in [-0.3, -0.25) is 0 Å². The highest BCUT2D eigenvalue weighted by Crippen LogP contribution is 2.26. The maximum Gasteiger partial charge on any atom is 0.338 e. The highest BCUT2D eigenvalue weighted by molar-refractivity contribution is 5.91. The second kappa shape index (κ2) is 8.67. The highest BCUT2D eigenvalue weighted by Gasteiger charge is 2.32. The number of carbonyl (C=O) groups is 1. The molecule has 0 bridgehead atoms. The normalized spacial score (nSPS) is 18.8. The summed E-state index contributed by atoms with van der Waals surface area (Å²) in [6, 6.07) is 0. The third-order valence-electron chi connectivity index (χ3n) is 3.32. The van der Waals surface area contributed by atoms with Gasteiger partial charge in [-0.05, 0) is 40.5 Å². The molecule has 0 amide bonds. The van der Waals surface area contributed by atoms with Crippen LogP contribution in [0.15, 0.2) is 34.6 Å². The van der Waals surface area contributed by atoms with Crippen molar-refractivity contribution >= 4 is 5.97 Å². The summed E-state index contributed by atoms with van der Waals surface area (Å²) in [6.45, 7) is 8.15. The third kappa shape index (κ3) is 5.76. The lowest BCUT2D eigenvalue weighted by molar-refractivity contribution is -0.140. The van der Waals surface area contributed by atoms with E-state index in [0.717, 1.165) is 12.8 Å². The van der Waals surface area contributed by atoms with Crippen molar-refractivity contribution in [2.24, 2.45) is 0 Å². The quantitative estimate of drug-likeness (QED) is 0.387. The molecule has 0 aromatic heterocycles. The number of methoxy groups -OCH3 is 1. The summed E-state index contributed by atoms with van der Waals surface area (Å²) in [6.07, 6.45) is 6.71. The number of allylic oxidation sites excluding steroid dienone is 3. The standard InChI is InChI=1S/C17H26O4/c1-12(2)7-6-8-13(3)9-10-15-16(20-11-19-5)14(4)17(18)21-15/h7,9,15H,6,8,10-11H2,1-5H3/b13-9+. The fraction of sp³-hybridized carbons (Fsp3) is 0.588. The van der Waals surface area contributed by atoms with Gasteiger partial charge < -0.3 is 14.2 Å². The first-order valence-electron chi connectivity index (χ1n) is 7.28. The van der Waals surface area contributed by atoms with Gasteiger partial charge in [0.15, 0.2) is 18.7 Å². The summed E-state index contributed by atoms with van der Waals surface area (Å²) >= 11 is 0. The molecule has 118 valence electrons. The van der Waals surface area contributed by atoms with E-state index < -0.39 is 0 Å². The molecule has 0 saturated heterocycles. The molecule has 0 radical (unpaired) electrons. The second-order valence-electron chi connectivity index (χ2n) is 5.54. The van der Waals surface area contributed by atoms with E-state index in [1.165, 1.54) is 11.1 Å². The summed E-state index contributed by atoms with van der Waals surface area (Å²) in [7, 11) is 1.55. The van der Waals surface area contributed by atoms with E-state index in [1.807, 2.05) is 0 Å². The largest absolute Gasteiger partial charge is 0.467 e. The van der Waals surface area contributed by atoms with Gasteiger partial charge in [-0.1, -0.05) is 23.3 Å². The summed E-state index contributed by atoms with van der Waals surface area (Å²) in [5.74, 6) is 0.289. The van der Waals surface area contributed by atoms with Crippen molar-refractivity contribution in [2.45, 2.75) is 53.1 Å². The molecule has 1 atom stereocenters. The number of cyclic esters (lactones) is 1. The van der Waals surface area contributed by atoms with Crippen molar-refractivity contribution in [1.29, 1.82) is 0 Å². The van der Waals surface area contributed by atoms with E-state index in [-0.39, 0.29) is 18.9 Å². The SMILES string of the molecule is COCOC1=C(C)C(=O)OC1C/C=C(\C)CCC=C(C)C. The first-order chi connectivity index (χ1) is 9.95. The maximum atomic E-state index is 11.6. The van der Waals surface area contributed by atoms with Crippen LogP contribution in [0.4, 0.5) is 0 Å². The molecule has 0 spiro atoms. The Balaban J connectivity index is 2.57. The molecule has 4 nitrogen and oxygen atoms in total. The van der Waals surface area contributed by atoms with Crippen molar-refractivity contribution in [3.8, 4) is 0 Å². The minimum Gasteiger partial charge on any atom is -0.467 e. The molecule has 1 aliphatic rings. The smallest absolute Gasteiger partial charge is 0.338 e. The van der Waals surface area contributed by atoms with E-state index in [4.69, 9.17) is 14.2 Å². The summed E-state index contributed by atoms with van der Waals surface area (Å²) in [4.78, 5) is 11.6. The average molecular weight is 294 g/mol. The molecule has 4 heteroatoms. The number of carbonyl (C=O) groups excluding carboxylic acids is 1. The predicted octanol–water partition coefficient (Wildman–Crippen LogP) is 3.89. The Morgan fingerprint density at radius 2 is 2.00 bits per heavy atom. The Hall–Kier alpha value is -1.55. The van der Waals surface area contributed by atoms with Crippen LogP contribution in [0.3, 0.4) is 0 Å². The van der Waals surface area contributed by atoms with Crippen LogP contribution < -0.4 is 0 Å². The number of esters is 1. The second-order valence-corrected chi connectivity index (χ2v) is 5.54. The minimum absolute atomic E-state index is 0.128. The molecule has 21 heavy (non-hydrogen) atoms. The van der Waals surface area contributed by atoms with Gasteiger partial charge in [-0.25, -0.2) is 4.79 Å². The first kappa shape index (κ1) is 17.5. The van der Waals surface area contributed by atoms with Crippen LogP contribution in [-0.2, 0) is 19.0 Å². The van der Waals surface area contributed by atoms with Crippen LogP contribution in [0, 0.1) is 0 Å². The molecule has 0 aromatic rings. The number of ether oxygens (including phenoxy) is 3. The van der Waals surface area contributed by atoms with Gasteiger partial charge in [0.05, 0.1) is 5.57 Å². The van der Waals surface area contributed by atoms with Crippen LogP contribution in [0.5, 0.6) is 0 Å². The van der Waals surface area contributed by atoms with E-state index in [9.17, 15) is 4.79 Å². The predicted molar refractivity (Wildman–Crippen MR) is 82.6 cm³/mol. The van der Waals surface area contributed by atoms with Gasteiger partial charge in [0.25, 0.3) is 0 Å². The van der Waals surface area contributed by atoms with Gasteiger partial charge in [-0.2, -0.15) is 0 Å². The van der Waals surface area contributed by atoms with Crippen LogP contribution >= 0.6 is 0 Å². The Morgan fingerprint density at radius 3 is 2.62 bits per heavy atom. The van der Waals surface area contributed by atoms with Crippen molar-refractivity contribution in [1.82, 2.24) is 0 Å². The zero-order chi connectivity index (χ0) is 15.8. The monoisotopic (exact) mass is 294 g/mol. The molecule has 1 rings (SSSR count). The Bertz CT molecular complexity index is 453. The van der Waals surface area contributed by atoms with Gasteiger partial charge in [0.2, 0.25) is 0 Å². The fourth-order valence-electron chi connectivity index (χ4n) is 2.09. The fourth-order valence-corrected chi connectivity index (χ4v) is 2.09. The molecule has 1 aliphatic heterocycles. The van der Waals surface area contributed by atoms with E-state index >= 15 is 0 Å². The van der Waals surface area contributed by atoms with Gasteiger partial charge in [0.1, 0.15) is 0 Å².